The molecule has 4 unspecified atom stereocenters. The van der Waals surface area contributed by atoms with Crippen LogP contribution in [0.4, 0.5) is 0 Å². The van der Waals surface area contributed by atoms with Crippen LogP contribution in [0.5, 0.6) is 0 Å². The number of carbonyl (C=O) groups is 1. The van der Waals surface area contributed by atoms with Gasteiger partial charge in [0.15, 0.2) is 5.78 Å². The zero-order valence-electron chi connectivity index (χ0n) is 11.4. The second kappa shape index (κ2) is 7.12. The standard InChI is InChI=1S/C14H27NO2/c1-10-6-7-12(9-11(10)2)14(16)13(15)5-4-8-17-3/h10-13H,4-9,15H2,1-3H3. The zero-order valence-corrected chi connectivity index (χ0v) is 11.4. The molecular weight excluding hydrogens is 214 g/mol. The van der Waals surface area contributed by atoms with E-state index >= 15 is 0 Å². The van der Waals surface area contributed by atoms with E-state index in [1.807, 2.05) is 0 Å². The normalized spacial score (nSPS) is 31.2. The molecule has 0 bridgehead atoms. The van der Waals surface area contributed by atoms with Crippen LogP contribution in [0.2, 0.25) is 0 Å². The van der Waals surface area contributed by atoms with Crippen LogP contribution in [0.3, 0.4) is 0 Å². The van der Waals surface area contributed by atoms with E-state index in [9.17, 15) is 4.79 Å². The van der Waals surface area contributed by atoms with Crippen molar-refractivity contribution in [3.05, 3.63) is 0 Å². The maximum atomic E-state index is 12.2. The van der Waals surface area contributed by atoms with Gasteiger partial charge in [0, 0.05) is 19.6 Å². The van der Waals surface area contributed by atoms with Crippen LogP contribution in [0.15, 0.2) is 0 Å². The molecule has 1 saturated carbocycles. The summed E-state index contributed by atoms with van der Waals surface area (Å²) >= 11 is 0. The monoisotopic (exact) mass is 241 g/mol. The Balaban J connectivity index is 2.36. The fraction of sp³-hybridized carbons (Fsp3) is 0.929. The minimum absolute atomic E-state index is 0.207. The summed E-state index contributed by atoms with van der Waals surface area (Å²) in [6.45, 7) is 5.23. The van der Waals surface area contributed by atoms with E-state index in [-0.39, 0.29) is 17.7 Å². The van der Waals surface area contributed by atoms with Gasteiger partial charge in [0.25, 0.3) is 0 Å². The maximum absolute atomic E-state index is 12.2. The molecular formula is C14H27NO2. The van der Waals surface area contributed by atoms with E-state index in [1.54, 1.807) is 7.11 Å². The third-order valence-corrected chi connectivity index (χ3v) is 4.23. The largest absolute Gasteiger partial charge is 0.385 e. The molecule has 0 radical (unpaired) electrons. The van der Waals surface area contributed by atoms with Gasteiger partial charge in [-0.05, 0) is 43.9 Å². The summed E-state index contributed by atoms with van der Waals surface area (Å²) in [5, 5.41) is 0. The van der Waals surface area contributed by atoms with Crippen molar-refractivity contribution < 1.29 is 9.53 Å². The van der Waals surface area contributed by atoms with Crippen LogP contribution in [-0.4, -0.2) is 25.5 Å². The summed E-state index contributed by atoms with van der Waals surface area (Å²) in [7, 11) is 1.68. The average Bonchev–Trinajstić information content (AvgIpc) is 2.32. The van der Waals surface area contributed by atoms with E-state index in [0.29, 0.717) is 12.5 Å². The molecule has 1 rings (SSSR count). The first-order valence-corrected chi connectivity index (χ1v) is 6.84. The minimum Gasteiger partial charge on any atom is -0.385 e. The minimum atomic E-state index is -0.282. The van der Waals surface area contributed by atoms with Crippen LogP contribution in [-0.2, 0) is 9.53 Å². The van der Waals surface area contributed by atoms with Gasteiger partial charge >= 0.3 is 0 Å². The summed E-state index contributed by atoms with van der Waals surface area (Å²) < 4.78 is 4.98. The molecule has 0 heterocycles. The summed E-state index contributed by atoms with van der Waals surface area (Å²) in [6, 6.07) is -0.282. The lowest BCUT2D eigenvalue weighted by atomic mass is 9.73. The van der Waals surface area contributed by atoms with Crippen molar-refractivity contribution in [2.75, 3.05) is 13.7 Å². The molecule has 0 aromatic heterocycles. The Morgan fingerprint density at radius 3 is 2.65 bits per heavy atom. The van der Waals surface area contributed by atoms with Gasteiger partial charge < -0.3 is 10.5 Å². The van der Waals surface area contributed by atoms with Crippen LogP contribution in [0.25, 0.3) is 0 Å². The molecule has 1 aliphatic rings. The molecule has 3 nitrogen and oxygen atoms in total. The van der Waals surface area contributed by atoms with E-state index in [2.05, 4.69) is 13.8 Å². The highest BCUT2D eigenvalue weighted by molar-refractivity contribution is 5.86. The Morgan fingerprint density at radius 1 is 1.35 bits per heavy atom. The molecule has 0 aliphatic heterocycles. The Labute approximate surface area is 105 Å². The number of nitrogens with two attached hydrogens (primary N) is 1. The van der Waals surface area contributed by atoms with Crippen molar-refractivity contribution in [2.24, 2.45) is 23.5 Å². The Bertz CT molecular complexity index is 242. The molecule has 0 amide bonds. The lowest BCUT2D eigenvalue weighted by Gasteiger charge is -2.32. The molecule has 4 atom stereocenters. The zero-order chi connectivity index (χ0) is 12.8. The van der Waals surface area contributed by atoms with E-state index < -0.39 is 0 Å². The fourth-order valence-electron chi connectivity index (χ4n) is 2.70. The van der Waals surface area contributed by atoms with Gasteiger partial charge in [0.05, 0.1) is 6.04 Å². The van der Waals surface area contributed by atoms with Crippen molar-refractivity contribution >= 4 is 5.78 Å². The fourth-order valence-corrected chi connectivity index (χ4v) is 2.70. The average molecular weight is 241 g/mol. The first-order chi connectivity index (χ1) is 8.06. The highest BCUT2D eigenvalue weighted by Crippen LogP contribution is 2.34. The molecule has 2 N–H and O–H groups in total. The molecule has 0 aromatic carbocycles. The number of carbonyl (C=O) groups excluding carboxylic acids is 1. The Hall–Kier alpha value is -0.410. The molecule has 3 heteroatoms. The van der Waals surface area contributed by atoms with Gasteiger partial charge in [0.1, 0.15) is 0 Å². The molecule has 100 valence electrons. The quantitative estimate of drug-likeness (QED) is 0.726. The predicted molar refractivity (Wildman–Crippen MR) is 69.8 cm³/mol. The van der Waals surface area contributed by atoms with Gasteiger partial charge in [-0.25, -0.2) is 0 Å². The van der Waals surface area contributed by atoms with Crippen LogP contribution in [0.1, 0.15) is 46.0 Å². The van der Waals surface area contributed by atoms with Crippen molar-refractivity contribution in [3.8, 4) is 0 Å². The second-order valence-corrected chi connectivity index (χ2v) is 5.61. The summed E-state index contributed by atoms with van der Waals surface area (Å²) in [5.41, 5.74) is 5.96. The number of hydrogen-bond acceptors (Lipinski definition) is 3. The Morgan fingerprint density at radius 2 is 2.06 bits per heavy atom. The number of ketones is 1. The molecule has 1 aliphatic carbocycles. The SMILES string of the molecule is COCCCC(N)C(=O)C1CCC(C)C(C)C1. The lowest BCUT2D eigenvalue weighted by Crippen LogP contribution is -2.38. The number of rotatable bonds is 6. The summed E-state index contributed by atoms with van der Waals surface area (Å²) in [5.74, 6) is 1.89. The highest BCUT2D eigenvalue weighted by Gasteiger charge is 2.31. The number of hydrogen-bond donors (Lipinski definition) is 1. The van der Waals surface area contributed by atoms with Crippen molar-refractivity contribution in [1.29, 1.82) is 0 Å². The van der Waals surface area contributed by atoms with E-state index in [4.69, 9.17) is 10.5 Å². The van der Waals surface area contributed by atoms with Gasteiger partial charge in [-0.2, -0.15) is 0 Å². The maximum Gasteiger partial charge on any atom is 0.152 e. The van der Waals surface area contributed by atoms with Crippen molar-refractivity contribution in [2.45, 2.75) is 52.0 Å². The second-order valence-electron chi connectivity index (χ2n) is 5.61. The molecule has 17 heavy (non-hydrogen) atoms. The predicted octanol–water partition coefficient (Wildman–Crippen LogP) is 2.38. The van der Waals surface area contributed by atoms with Gasteiger partial charge in [-0.1, -0.05) is 13.8 Å². The highest BCUT2D eigenvalue weighted by atomic mass is 16.5. The Kier molecular flexibility index (Phi) is 6.14. The van der Waals surface area contributed by atoms with Gasteiger partial charge in [0.2, 0.25) is 0 Å². The molecule has 0 aromatic rings. The molecule has 1 fully saturated rings. The van der Waals surface area contributed by atoms with Crippen molar-refractivity contribution in [1.82, 2.24) is 0 Å². The summed E-state index contributed by atoms with van der Waals surface area (Å²) in [6.07, 6.45) is 4.86. The van der Waals surface area contributed by atoms with Crippen molar-refractivity contribution in [3.63, 3.8) is 0 Å². The third-order valence-electron chi connectivity index (χ3n) is 4.23. The van der Waals surface area contributed by atoms with Crippen LogP contribution in [0, 0.1) is 17.8 Å². The topological polar surface area (TPSA) is 52.3 Å². The first kappa shape index (κ1) is 14.7. The third kappa shape index (κ3) is 4.40. The van der Waals surface area contributed by atoms with Gasteiger partial charge in [-0.15, -0.1) is 0 Å². The van der Waals surface area contributed by atoms with E-state index in [1.165, 1.54) is 6.42 Å². The number of methoxy groups -OCH3 is 1. The molecule has 0 saturated heterocycles. The number of ether oxygens (including phenoxy) is 1. The van der Waals surface area contributed by atoms with Crippen LogP contribution >= 0.6 is 0 Å². The van der Waals surface area contributed by atoms with E-state index in [0.717, 1.165) is 31.6 Å². The van der Waals surface area contributed by atoms with Crippen LogP contribution < -0.4 is 5.73 Å². The lowest BCUT2D eigenvalue weighted by molar-refractivity contribution is -0.126. The first-order valence-electron chi connectivity index (χ1n) is 6.84. The number of Topliss-reactive ketones (excluding diaryl/α,β-unsaturated/α-hetero) is 1. The molecule has 0 spiro atoms. The summed E-state index contributed by atoms with van der Waals surface area (Å²) in [4.78, 5) is 12.2. The smallest absolute Gasteiger partial charge is 0.152 e. The van der Waals surface area contributed by atoms with Gasteiger partial charge in [-0.3, -0.25) is 4.79 Å².